The molecule has 0 spiro atoms. The molecule has 0 radical (unpaired) electrons. The zero-order chi connectivity index (χ0) is 28.2. The summed E-state index contributed by atoms with van der Waals surface area (Å²) in [6.07, 6.45) is 0. The SMILES string of the molecule is COc1ccccc1NC(=O)C1=C(C)Nc2nc(SCc3cccc(F)c3)nn2[C@H]1c1ccc(OC)c(OC)c1. The van der Waals surface area contributed by atoms with Crippen LogP contribution in [-0.4, -0.2) is 42.0 Å². The maximum Gasteiger partial charge on any atom is 0.255 e. The van der Waals surface area contributed by atoms with Crippen LogP contribution in [0.25, 0.3) is 0 Å². The van der Waals surface area contributed by atoms with E-state index in [1.54, 1.807) is 50.3 Å². The molecule has 4 aromatic rings. The largest absolute Gasteiger partial charge is 0.495 e. The van der Waals surface area contributed by atoms with Crippen molar-refractivity contribution in [2.24, 2.45) is 0 Å². The number of thioether (sulfide) groups is 1. The number of ether oxygens (including phenoxy) is 3. The summed E-state index contributed by atoms with van der Waals surface area (Å²) in [4.78, 5) is 18.5. The Morgan fingerprint density at radius 2 is 1.77 bits per heavy atom. The summed E-state index contributed by atoms with van der Waals surface area (Å²) in [7, 11) is 4.67. The first kappa shape index (κ1) is 27.1. The summed E-state index contributed by atoms with van der Waals surface area (Å²) >= 11 is 1.38. The predicted molar refractivity (Wildman–Crippen MR) is 152 cm³/mol. The Labute approximate surface area is 235 Å². The van der Waals surface area contributed by atoms with Crippen molar-refractivity contribution in [3.63, 3.8) is 0 Å². The van der Waals surface area contributed by atoms with E-state index in [0.29, 0.717) is 51.1 Å². The topological polar surface area (TPSA) is 99.5 Å². The van der Waals surface area contributed by atoms with Crippen LogP contribution in [0.3, 0.4) is 0 Å². The van der Waals surface area contributed by atoms with Gasteiger partial charge in [-0.2, -0.15) is 4.98 Å². The fourth-order valence-corrected chi connectivity index (χ4v) is 5.30. The van der Waals surface area contributed by atoms with E-state index in [2.05, 4.69) is 15.6 Å². The number of hydrogen-bond donors (Lipinski definition) is 2. The molecule has 9 nitrogen and oxygen atoms in total. The number of halogens is 1. The van der Waals surface area contributed by atoms with Gasteiger partial charge in [0.15, 0.2) is 11.5 Å². The molecule has 1 atom stereocenters. The molecular weight excluding hydrogens is 533 g/mol. The second kappa shape index (κ2) is 11.7. The minimum absolute atomic E-state index is 0.295. The van der Waals surface area contributed by atoms with E-state index in [4.69, 9.17) is 19.3 Å². The molecule has 1 aliphatic heterocycles. The van der Waals surface area contributed by atoms with Crippen molar-refractivity contribution in [1.82, 2.24) is 14.8 Å². The Bertz CT molecular complexity index is 1590. The molecule has 0 bridgehead atoms. The smallest absolute Gasteiger partial charge is 0.255 e. The third kappa shape index (κ3) is 5.46. The summed E-state index contributed by atoms with van der Waals surface area (Å²) in [5.41, 5.74) is 3.16. The van der Waals surface area contributed by atoms with Gasteiger partial charge in [0, 0.05) is 11.4 Å². The van der Waals surface area contributed by atoms with Crippen LogP contribution in [-0.2, 0) is 10.5 Å². The van der Waals surface area contributed by atoms with E-state index in [1.165, 1.54) is 23.9 Å². The molecule has 0 fully saturated rings. The molecule has 3 aromatic carbocycles. The zero-order valence-corrected chi connectivity index (χ0v) is 23.2. The molecule has 2 N–H and O–H groups in total. The Morgan fingerprint density at radius 3 is 2.52 bits per heavy atom. The minimum atomic E-state index is -0.637. The van der Waals surface area contributed by atoms with Crippen LogP contribution in [0, 0.1) is 5.82 Å². The van der Waals surface area contributed by atoms with Gasteiger partial charge in [-0.15, -0.1) is 5.10 Å². The standard InChI is InChI=1S/C29H28FN5O4S/c1-17-25(27(36)32-21-10-5-6-11-22(21)37-2)26(19-12-13-23(38-3)24(15-19)39-4)35-28(31-17)33-29(34-35)40-16-18-8-7-9-20(30)14-18/h5-15,26H,16H2,1-4H3,(H,32,36)(H,31,33,34)/t26-/m0/s1. The Balaban J connectivity index is 1.54. The van der Waals surface area contributed by atoms with E-state index in [-0.39, 0.29) is 11.7 Å². The maximum atomic E-state index is 13.8. The molecule has 40 heavy (non-hydrogen) atoms. The first-order valence-electron chi connectivity index (χ1n) is 12.4. The van der Waals surface area contributed by atoms with Crippen molar-refractivity contribution in [3.8, 4) is 17.2 Å². The van der Waals surface area contributed by atoms with Crippen molar-refractivity contribution in [2.75, 3.05) is 32.0 Å². The van der Waals surface area contributed by atoms with Gasteiger partial charge in [0.25, 0.3) is 5.91 Å². The molecule has 2 heterocycles. The lowest BCUT2D eigenvalue weighted by Gasteiger charge is -2.29. The van der Waals surface area contributed by atoms with E-state index >= 15 is 0 Å². The zero-order valence-electron chi connectivity index (χ0n) is 22.4. The molecule has 11 heteroatoms. The van der Waals surface area contributed by atoms with Gasteiger partial charge >= 0.3 is 0 Å². The lowest BCUT2D eigenvalue weighted by atomic mass is 9.94. The second-order valence-electron chi connectivity index (χ2n) is 8.92. The first-order chi connectivity index (χ1) is 19.4. The number of amides is 1. The average Bonchev–Trinajstić information content (AvgIpc) is 3.37. The number of nitrogens with zero attached hydrogens (tertiary/aromatic N) is 3. The van der Waals surface area contributed by atoms with Crippen LogP contribution in [0.5, 0.6) is 17.2 Å². The number of aromatic nitrogens is 3. The number of allylic oxidation sites excluding steroid dienone is 1. The summed E-state index contributed by atoms with van der Waals surface area (Å²) in [6, 6.07) is 18.5. The first-order valence-corrected chi connectivity index (χ1v) is 13.4. The Hall–Kier alpha value is -4.51. The molecule has 0 aliphatic carbocycles. The minimum Gasteiger partial charge on any atom is -0.495 e. The highest BCUT2D eigenvalue weighted by Crippen LogP contribution is 2.40. The molecule has 1 aliphatic rings. The lowest BCUT2D eigenvalue weighted by Crippen LogP contribution is -2.31. The third-order valence-corrected chi connectivity index (χ3v) is 7.32. The van der Waals surface area contributed by atoms with Crippen LogP contribution >= 0.6 is 11.8 Å². The van der Waals surface area contributed by atoms with Crippen LogP contribution in [0.2, 0.25) is 0 Å². The van der Waals surface area contributed by atoms with Gasteiger partial charge in [-0.1, -0.05) is 42.1 Å². The molecule has 5 rings (SSSR count). The van der Waals surface area contributed by atoms with Gasteiger partial charge in [0.1, 0.15) is 17.6 Å². The molecule has 0 unspecified atom stereocenters. The number of anilines is 2. The van der Waals surface area contributed by atoms with Gasteiger partial charge in [-0.3, -0.25) is 4.79 Å². The van der Waals surface area contributed by atoms with Crippen LogP contribution in [0.4, 0.5) is 16.0 Å². The number of nitrogens with one attached hydrogen (secondary N) is 2. The van der Waals surface area contributed by atoms with Gasteiger partial charge < -0.3 is 24.8 Å². The lowest BCUT2D eigenvalue weighted by molar-refractivity contribution is -0.113. The van der Waals surface area contributed by atoms with Gasteiger partial charge in [-0.05, 0) is 54.4 Å². The van der Waals surface area contributed by atoms with E-state index < -0.39 is 6.04 Å². The van der Waals surface area contributed by atoms with Crippen molar-refractivity contribution in [1.29, 1.82) is 0 Å². The van der Waals surface area contributed by atoms with Crippen molar-refractivity contribution < 1.29 is 23.4 Å². The molecular formula is C29H28FN5O4S. The molecule has 1 amide bonds. The van der Waals surface area contributed by atoms with Crippen molar-refractivity contribution in [3.05, 3.63) is 94.9 Å². The number of rotatable bonds is 9. The molecule has 0 saturated heterocycles. The number of methoxy groups -OCH3 is 3. The fourth-order valence-electron chi connectivity index (χ4n) is 4.53. The van der Waals surface area contributed by atoms with Gasteiger partial charge in [0.2, 0.25) is 11.1 Å². The number of carbonyl (C=O) groups excluding carboxylic acids is 1. The van der Waals surface area contributed by atoms with Gasteiger partial charge in [-0.25, -0.2) is 9.07 Å². The number of carbonyl (C=O) groups is 1. The van der Waals surface area contributed by atoms with Crippen LogP contribution in [0.15, 0.2) is 83.2 Å². The monoisotopic (exact) mass is 561 g/mol. The third-order valence-electron chi connectivity index (χ3n) is 6.41. The van der Waals surface area contributed by atoms with E-state index in [0.717, 1.165) is 11.1 Å². The quantitative estimate of drug-likeness (QED) is 0.253. The fraction of sp³-hybridized carbons (Fsp3) is 0.207. The van der Waals surface area contributed by atoms with Crippen molar-refractivity contribution in [2.45, 2.75) is 23.9 Å². The average molecular weight is 562 g/mol. The number of hydrogen-bond acceptors (Lipinski definition) is 8. The Kier molecular flexibility index (Phi) is 7.92. The van der Waals surface area contributed by atoms with Crippen LogP contribution < -0.4 is 24.8 Å². The second-order valence-corrected chi connectivity index (χ2v) is 9.86. The number of benzene rings is 3. The normalized spacial score (nSPS) is 14.3. The van der Waals surface area contributed by atoms with E-state index in [1.807, 2.05) is 37.3 Å². The van der Waals surface area contributed by atoms with Gasteiger partial charge in [0.05, 0.1) is 32.6 Å². The number of para-hydroxylation sites is 2. The summed E-state index contributed by atoms with van der Waals surface area (Å²) in [6.45, 7) is 1.82. The molecule has 1 aromatic heterocycles. The highest BCUT2D eigenvalue weighted by molar-refractivity contribution is 7.98. The Morgan fingerprint density at radius 1 is 1.00 bits per heavy atom. The molecule has 0 saturated carbocycles. The number of fused-ring (bicyclic) bond motifs is 1. The predicted octanol–water partition coefficient (Wildman–Crippen LogP) is 5.66. The summed E-state index contributed by atoms with van der Waals surface area (Å²) in [5, 5.41) is 11.4. The highest BCUT2D eigenvalue weighted by atomic mass is 32.2. The summed E-state index contributed by atoms with van der Waals surface area (Å²) in [5.74, 6) is 1.95. The van der Waals surface area contributed by atoms with E-state index in [9.17, 15) is 9.18 Å². The highest BCUT2D eigenvalue weighted by Gasteiger charge is 2.35. The maximum absolute atomic E-state index is 13.8. The summed E-state index contributed by atoms with van der Waals surface area (Å²) < 4.78 is 31.8. The van der Waals surface area contributed by atoms with Crippen molar-refractivity contribution >= 4 is 29.3 Å². The molecule has 206 valence electrons. The van der Waals surface area contributed by atoms with Crippen LogP contribution in [0.1, 0.15) is 24.1 Å².